The highest BCUT2D eigenvalue weighted by Gasteiger charge is 2.21. The number of thioether (sulfide) groups is 1. The van der Waals surface area contributed by atoms with Gasteiger partial charge in [0.05, 0.1) is 11.9 Å². The quantitative estimate of drug-likeness (QED) is 0.535. The highest BCUT2D eigenvalue weighted by molar-refractivity contribution is 8.01. The molecule has 0 aliphatic rings. The first-order valence-corrected chi connectivity index (χ1v) is 4.89. The lowest BCUT2D eigenvalue weighted by molar-refractivity contribution is -0.138. The first-order valence-electron chi connectivity index (χ1n) is 3.61. The van der Waals surface area contributed by atoms with E-state index in [1.165, 1.54) is 19.6 Å². The summed E-state index contributed by atoms with van der Waals surface area (Å²) in [5.41, 5.74) is 0.692. The summed E-state index contributed by atoms with van der Waals surface area (Å²) in [7, 11) is 3.21. The maximum Gasteiger partial charge on any atom is 0.301 e. The monoisotopic (exact) mass is 186 g/mol. The first kappa shape index (κ1) is 11.6. The van der Waals surface area contributed by atoms with E-state index in [1.54, 1.807) is 13.3 Å². The lowest BCUT2D eigenvalue weighted by Crippen LogP contribution is -2.24. The van der Waals surface area contributed by atoms with E-state index in [1.807, 2.05) is 6.26 Å². The van der Waals surface area contributed by atoms with Crippen LogP contribution in [0, 0.1) is 0 Å². The van der Waals surface area contributed by atoms with Gasteiger partial charge in [-0.15, -0.1) is 11.8 Å². The van der Waals surface area contributed by atoms with Crippen molar-refractivity contribution >= 4 is 33.4 Å². The molecular formula is C6H12B2O3S. The molecule has 0 rings (SSSR count). The number of rotatable bonds is 4. The van der Waals surface area contributed by atoms with Crippen LogP contribution in [0.15, 0.2) is 10.9 Å². The number of aliphatic hydroxyl groups excluding tert-OH is 1. The van der Waals surface area contributed by atoms with Gasteiger partial charge in [0.25, 0.3) is 0 Å². The smallest absolute Gasteiger partial charge is 0.301 e. The van der Waals surface area contributed by atoms with Gasteiger partial charge in [0, 0.05) is 0 Å². The zero-order valence-electron chi connectivity index (χ0n) is 7.44. The number of carboxylic acid groups (broad SMARTS) is 1. The fourth-order valence-corrected chi connectivity index (χ4v) is 1.30. The highest BCUT2D eigenvalue weighted by Crippen LogP contribution is 2.15. The topological polar surface area (TPSA) is 57.5 Å². The molecule has 0 aromatic heterocycles. The van der Waals surface area contributed by atoms with Gasteiger partial charge < -0.3 is 10.2 Å². The Bertz CT molecular complexity index is 195. The predicted octanol–water partition coefficient (Wildman–Crippen LogP) is -1.31. The van der Waals surface area contributed by atoms with Crippen molar-refractivity contribution in [2.24, 2.45) is 0 Å². The molecule has 0 radical (unpaired) electrons. The molecule has 2 N–H and O–H groups in total. The molecule has 66 valence electrons. The minimum absolute atomic E-state index is 0.692. The molecule has 0 bridgehead atoms. The summed E-state index contributed by atoms with van der Waals surface area (Å²) in [6, 6.07) is 0. The average molecular weight is 186 g/mol. The van der Waals surface area contributed by atoms with Crippen LogP contribution in [0.25, 0.3) is 0 Å². The van der Waals surface area contributed by atoms with E-state index in [4.69, 9.17) is 5.11 Å². The highest BCUT2D eigenvalue weighted by atomic mass is 32.2. The number of carbonyl (C=O) groups is 1. The fraction of sp³-hybridized carbons (Fsp3) is 0.500. The Balaban J connectivity index is 4.28. The standard InChI is InChI=1S/C6H12B2O3S/c1-12-2-3(7)5(9)4(8)6(10)11/h2,4-5,9H,7-8H2,1H3,(H,10,11)/b3-2-. The van der Waals surface area contributed by atoms with Gasteiger partial charge >= 0.3 is 5.97 Å². The maximum atomic E-state index is 10.5. The van der Waals surface area contributed by atoms with Crippen LogP contribution in [0.3, 0.4) is 0 Å². The number of aliphatic carboxylic acids is 1. The van der Waals surface area contributed by atoms with Crippen LogP contribution in [0.2, 0.25) is 5.82 Å². The normalized spacial score (nSPS) is 17.0. The molecule has 6 heteroatoms. The Kier molecular flexibility index (Phi) is 5.17. The molecule has 0 saturated carbocycles. The van der Waals surface area contributed by atoms with Gasteiger partial charge in [-0.3, -0.25) is 4.79 Å². The third kappa shape index (κ3) is 3.36. The van der Waals surface area contributed by atoms with Crippen LogP contribution < -0.4 is 0 Å². The molecule has 0 aliphatic heterocycles. The molecule has 12 heavy (non-hydrogen) atoms. The van der Waals surface area contributed by atoms with Crippen LogP contribution in [0.1, 0.15) is 0 Å². The van der Waals surface area contributed by atoms with Crippen LogP contribution in [-0.4, -0.2) is 44.2 Å². The molecule has 0 aliphatic carbocycles. The van der Waals surface area contributed by atoms with Gasteiger partial charge in [-0.25, -0.2) is 0 Å². The molecular weight excluding hydrogens is 174 g/mol. The van der Waals surface area contributed by atoms with E-state index < -0.39 is 17.9 Å². The molecule has 0 aromatic carbocycles. The van der Waals surface area contributed by atoms with Gasteiger partial charge in [0.1, 0.15) is 15.7 Å². The summed E-state index contributed by atoms with van der Waals surface area (Å²) < 4.78 is 0. The Labute approximate surface area is 78.1 Å². The van der Waals surface area contributed by atoms with Gasteiger partial charge in [0.15, 0.2) is 0 Å². The summed E-state index contributed by atoms with van der Waals surface area (Å²) in [6.45, 7) is 0. The van der Waals surface area contributed by atoms with E-state index in [0.29, 0.717) is 5.47 Å². The minimum Gasteiger partial charge on any atom is -0.481 e. The molecule has 2 atom stereocenters. The van der Waals surface area contributed by atoms with E-state index >= 15 is 0 Å². The minimum atomic E-state index is -0.976. The molecule has 0 heterocycles. The molecule has 2 unspecified atom stereocenters. The Morgan fingerprint density at radius 3 is 2.50 bits per heavy atom. The van der Waals surface area contributed by atoms with Gasteiger partial charge in [0.2, 0.25) is 0 Å². The number of carboxylic acids is 1. The van der Waals surface area contributed by atoms with E-state index in [2.05, 4.69) is 0 Å². The molecule has 0 aromatic rings. The molecule has 0 amide bonds. The van der Waals surface area contributed by atoms with E-state index in [-0.39, 0.29) is 0 Å². The predicted molar refractivity (Wildman–Crippen MR) is 56.1 cm³/mol. The van der Waals surface area contributed by atoms with Crippen LogP contribution in [-0.2, 0) is 4.79 Å². The SMILES string of the molecule is B/C(=C\SC)C(O)C(B)C(=O)O. The molecule has 0 saturated heterocycles. The van der Waals surface area contributed by atoms with E-state index in [9.17, 15) is 9.90 Å². The van der Waals surface area contributed by atoms with Gasteiger partial charge in [-0.05, 0) is 11.7 Å². The second-order valence-electron chi connectivity index (χ2n) is 2.67. The second kappa shape index (κ2) is 5.32. The Hall–Kier alpha value is -0.350. The van der Waals surface area contributed by atoms with Crippen LogP contribution >= 0.6 is 11.8 Å². The summed E-state index contributed by atoms with van der Waals surface area (Å²) in [4.78, 5) is 10.5. The fourth-order valence-electron chi connectivity index (χ4n) is 0.785. The molecule has 3 nitrogen and oxygen atoms in total. The lowest BCUT2D eigenvalue weighted by atomic mass is 9.75. The number of hydrogen-bond donors (Lipinski definition) is 2. The van der Waals surface area contributed by atoms with Crippen LogP contribution in [0.5, 0.6) is 0 Å². The summed E-state index contributed by atoms with van der Waals surface area (Å²) >= 11 is 1.45. The van der Waals surface area contributed by atoms with Gasteiger partial charge in [-0.2, -0.15) is 0 Å². The van der Waals surface area contributed by atoms with Crippen molar-refractivity contribution in [3.63, 3.8) is 0 Å². The van der Waals surface area contributed by atoms with Crippen LogP contribution in [0.4, 0.5) is 0 Å². The van der Waals surface area contributed by atoms with Crippen molar-refractivity contribution in [1.29, 1.82) is 0 Å². The third-order valence-electron chi connectivity index (χ3n) is 1.63. The van der Waals surface area contributed by atoms with E-state index in [0.717, 1.165) is 0 Å². The van der Waals surface area contributed by atoms with Crippen molar-refractivity contribution in [3.05, 3.63) is 10.9 Å². The zero-order valence-corrected chi connectivity index (χ0v) is 8.26. The average Bonchev–Trinajstić information content (AvgIpc) is 2.02. The van der Waals surface area contributed by atoms with Crippen molar-refractivity contribution in [2.45, 2.75) is 11.9 Å². The summed E-state index contributed by atoms with van der Waals surface area (Å²) in [6.07, 6.45) is 0.983. The molecule has 0 fully saturated rings. The van der Waals surface area contributed by atoms with Crippen molar-refractivity contribution in [3.8, 4) is 0 Å². The van der Waals surface area contributed by atoms with Gasteiger partial charge in [-0.1, -0.05) is 5.47 Å². The third-order valence-corrected chi connectivity index (χ3v) is 2.24. The van der Waals surface area contributed by atoms with Crippen molar-refractivity contribution < 1.29 is 15.0 Å². The summed E-state index contributed by atoms with van der Waals surface area (Å²) in [5, 5.41) is 19.8. The molecule has 0 spiro atoms. The van der Waals surface area contributed by atoms with Crippen molar-refractivity contribution in [1.82, 2.24) is 0 Å². The Morgan fingerprint density at radius 2 is 2.17 bits per heavy atom. The maximum absolute atomic E-state index is 10.5. The van der Waals surface area contributed by atoms with Crippen molar-refractivity contribution in [2.75, 3.05) is 6.26 Å². The summed E-state index contributed by atoms with van der Waals surface area (Å²) in [5.74, 6) is -1.72. The first-order chi connectivity index (χ1) is 5.50. The Morgan fingerprint density at radius 1 is 1.67 bits per heavy atom. The largest absolute Gasteiger partial charge is 0.481 e. The lowest BCUT2D eigenvalue weighted by Gasteiger charge is -2.15. The zero-order chi connectivity index (χ0) is 9.72. The number of aliphatic hydroxyl groups is 1. The number of hydrogen-bond acceptors (Lipinski definition) is 3. The second-order valence-corrected chi connectivity index (χ2v) is 3.38.